The molecule has 0 saturated carbocycles. The van der Waals surface area contributed by atoms with Gasteiger partial charge in [0.15, 0.2) is 6.10 Å². The van der Waals surface area contributed by atoms with Gasteiger partial charge in [-0.15, -0.1) is 0 Å². The van der Waals surface area contributed by atoms with Gasteiger partial charge < -0.3 is 20.1 Å². The van der Waals surface area contributed by atoms with Gasteiger partial charge in [0.2, 0.25) is 0 Å². The molecule has 0 aromatic carbocycles. The highest BCUT2D eigenvalue weighted by Crippen LogP contribution is 2.43. The number of ether oxygens (including phenoxy) is 2. The van der Waals surface area contributed by atoms with Crippen molar-refractivity contribution in [2.45, 2.75) is 290 Å². The lowest BCUT2D eigenvalue weighted by Crippen LogP contribution is -2.29. The Balaban J connectivity index is 3.98. The number of carbonyl (C=O) groups is 2. The third kappa shape index (κ3) is 62.0. The maximum Gasteiger partial charge on any atom is 0.472 e. The van der Waals surface area contributed by atoms with Crippen LogP contribution in [-0.4, -0.2) is 49.3 Å². The molecule has 0 aliphatic heterocycles. The molecule has 3 N–H and O–H groups in total. The number of esters is 2. The average Bonchev–Trinajstić information content (AvgIpc) is 3.42. The minimum absolute atomic E-state index is 0.0490. The van der Waals surface area contributed by atoms with E-state index in [4.69, 9.17) is 24.3 Å². The van der Waals surface area contributed by atoms with E-state index < -0.39 is 26.5 Å². The van der Waals surface area contributed by atoms with Crippen LogP contribution in [0.1, 0.15) is 284 Å². The number of phosphoric ester groups is 1. The molecule has 9 nitrogen and oxygen atoms in total. The van der Waals surface area contributed by atoms with Crippen molar-refractivity contribution in [3.63, 3.8) is 0 Å². The van der Waals surface area contributed by atoms with Crippen molar-refractivity contribution in [2.24, 2.45) is 5.73 Å². The third-order valence-electron chi connectivity index (χ3n) is 13.5. The minimum atomic E-state index is -4.40. The Morgan fingerprint density at radius 3 is 1.06 bits per heavy atom. The van der Waals surface area contributed by atoms with Gasteiger partial charge >= 0.3 is 19.8 Å². The van der Waals surface area contributed by atoms with Crippen LogP contribution in [0.15, 0.2) is 97.2 Å². The van der Waals surface area contributed by atoms with Gasteiger partial charge in [0.05, 0.1) is 13.2 Å². The van der Waals surface area contributed by atoms with Crippen LogP contribution in [0.5, 0.6) is 0 Å². The van der Waals surface area contributed by atoms with E-state index in [0.29, 0.717) is 6.42 Å². The second kappa shape index (κ2) is 62.1. The molecule has 0 amide bonds. The average molecular weight is 1100 g/mol. The zero-order valence-electron chi connectivity index (χ0n) is 49.7. The number of unbranched alkanes of at least 4 members (excludes halogenated alkanes) is 30. The Labute approximate surface area is 474 Å². The summed E-state index contributed by atoms with van der Waals surface area (Å²) in [7, 11) is -4.40. The van der Waals surface area contributed by atoms with E-state index in [9.17, 15) is 19.0 Å². The highest BCUT2D eigenvalue weighted by Gasteiger charge is 2.26. The fraction of sp³-hybridized carbons (Fsp3) is 0.731. The van der Waals surface area contributed by atoms with Gasteiger partial charge in [0, 0.05) is 19.4 Å². The topological polar surface area (TPSA) is 134 Å². The summed E-state index contributed by atoms with van der Waals surface area (Å²) in [6, 6.07) is 0. The van der Waals surface area contributed by atoms with Crippen molar-refractivity contribution in [2.75, 3.05) is 26.4 Å². The number of nitrogens with two attached hydrogens (primary N) is 1. The van der Waals surface area contributed by atoms with Crippen LogP contribution in [0, 0.1) is 0 Å². The molecule has 0 saturated heterocycles. The molecule has 0 spiro atoms. The van der Waals surface area contributed by atoms with Gasteiger partial charge in [0.1, 0.15) is 6.61 Å². The van der Waals surface area contributed by atoms with Crippen LogP contribution in [0.3, 0.4) is 0 Å². The van der Waals surface area contributed by atoms with E-state index >= 15 is 0 Å². The highest BCUT2D eigenvalue weighted by atomic mass is 31.2. The molecular formula is C67H118NO8P. The number of hydrogen-bond donors (Lipinski definition) is 2. The van der Waals surface area contributed by atoms with Crippen LogP contribution in [0.25, 0.3) is 0 Å². The molecule has 0 rings (SSSR count). The first-order chi connectivity index (χ1) is 37.8. The normalized spacial score (nSPS) is 13.7. The highest BCUT2D eigenvalue weighted by molar-refractivity contribution is 7.47. The SMILES string of the molecule is CC/C=C\C/C=C\C/C=C\C/C=C\C/C=C\C/C=C\C/C=C\C/C=C\CCCCCCCCCCC(=O)OC(COC(=O)CCCCCCCCCCCCCCCCCCCCCCCCC)COP(=O)(O)OCCN. The molecule has 0 heterocycles. The summed E-state index contributed by atoms with van der Waals surface area (Å²) in [4.78, 5) is 35.3. The van der Waals surface area contributed by atoms with E-state index in [0.717, 1.165) is 96.3 Å². The summed E-state index contributed by atoms with van der Waals surface area (Å²) in [5.41, 5.74) is 5.39. The van der Waals surface area contributed by atoms with E-state index in [1.54, 1.807) is 0 Å². The van der Waals surface area contributed by atoms with E-state index in [-0.39, 0.29) is 38.6 Å². The van der Waals surface area contributed by atoms with Gasteiger partial charge in [-0.05, 0) is 77.0 Å². The summed E-state index contributed by atoms with van der Waals surface area (Å²) in [6.07, 6.45) is 83.3. The summed E-state index contributed by atoms with van der Waals surface area (Å²) in [5.74, 6) is -0.831. The number of carbonyl (C=O) groups excluding carboxylic acids is 2. The molecule has 2 atom stereocenters. The molecule has 10 heteroatoms. The van der Waals surface area contributed by atoms with Crippen molar-refractivity contribution in [3.05, 3.63) is 97.2 Å². The van der Waals surface area contributed by atoms with Crippen LogP contribution >= 0.6 is 7.82 Å². The summed E-state index contributed by atoms with van der Waals surface area (Å²) < 4.78 is 33.1. The molecule has 0 bridgehead atoms. The van der Waals surface area contributed by atoms with Gasteiger partial charge in [-0.25, -0.2) is 4.57 Å². The zero-order chi connectivity index (χ0) is 55.9. The molecule has 0 aliphatic rings. The number of phosphoric acid groups is 1. The number of hydrogen-bond acceptors (Lipinski definition) is 8. The predicted octanol–water partition coefficient (Wildman–Crippen LogP) is 20.4. The largest absolute Gasteiger partial charge is 0.472 e. The number of allylic oxidation sites excluding steroid dienone is 16. The fourth-order valence-electron chi connectivity index (χ4n) is 8.83. The Kier molecular flexibility index (Phi) is 59.7. The van der Waals surface area contributed by atoms with Crippen molar-refractivity contribution >= 4 is 19.8 Å². The zero-order valence-corrected chi connectivity index (χ0v) is 50.6. The van der Waals surface area contributed by atoms with Crippen molar-refractivity contribution in [1.29, 1.82) is 0 Å². The summed E-state index contributed by atoms with van der Waals surface area (Å²) in [6.45, 7) is 3.65. The van der Waals surface area contributed by atoms with Crippen molar-refractivity contribution in [1.82, 2.24) is 0 Å². The molecule has 0 radical (unpaired) electrons. The van der Waals surface area contributed by atoms with Crippen LogP contribution in [0.2, 0.25) is 0 Å². The van der Waals surface area contributed by atoms with Crippen LogP contribution < -0.4 is 5.73 Å². The number of rotatable bonds is 59. The molecule has 0 aromatic heterocycles. The lowest BCUT2D eigenvalue weighted by Gasteiger charge is -2.19. The molecule has 0 aliphatic carbocycles. The maximum atomic E-state index is 12.7. The quantitative estimate of drug-likeness (QED) is 0.0264. The van der Waals surface area contributed by atoms with Gasteiger partial charge in [-0.1, -0.05) is 291 Å². The van der Waals surface area contributed by atoms with E-state index in [1.807, 2.05) is 0 Å². The maximum absolute atomic E-state index is 12.7. The summed E-state index contributed by atoms with van der Waals surface area (Å²) >= 11 is 0. The lowest BCUT2D eigenvalue weighted by atomic mass is 10.0. The second-order valence-electron chi connectivity index (χ2n) is 20.9. The first-order valence-corrected chi connectivity index (χ1v) is 33.2. The lowest BCUT2D eigenvalue weighted by molar-refractivity contribution is -0.161. The van der Waals surface area contributed by atoms with Gasteiger partial charge in [-0.3, -0.25) is 18.6 Å². The van der Waals surface area contributed by atoms with Crippen LogP contribution in [-0.2, 0) is 32.7 Å². The first-order valence-electron chi connectivity index (χ1n) is 31.7. The second-order valence-corrected chi connectivity index (χ2v) is 22.4. The van der Waals surface area contributed by atoms with Crippen LogP contribution in [0.4, 0.5) is 0 Å². The molecule has 77 heavy (non-hydrogen) atoms. The Morgan fingerprint density at radius 2 is 0.714 bits per heavy atom. The molecule has 0 fully saturated rings. The van der Waals surface area contributed by atoms with Crippen molar-refractivity contribution in [3.8, 4) is 0 Å². The predicted molar refractivity (Wildman–Crippen MR) is 330 cm³/mol. The van der Waals surface area contributed by atoms with E-state index in [1.165, 1.54) is 154 Å². The fourth-order valence-corrected chi connectivity index (χ4v) is 9.60. The Morgan fingerprint density at radius 1 is 0.403 bits per heavy atom. The van der Waals surface area contributed by atoms with E-state index in [2.05, 4.69) is 111 Å². The molecule has 444 valence electrons. The summed E-state index contributed by atoms with van der Waals surface area (Å²) in [5, 5.41) is 0. The van der Waals surface area contributed by atoms with Crippen molar-refractivity contribution < 1.29 is 37.6 Å². The minimum Gasteiger partial charge on any atom is -0.462 e. The monoisotopic (exact) mass is 1100 g/mol. The van der Waals surface area contributed by atoms with Gasteiger partial charge in [-0.2, -0.15) is 0 Å². The Bertz CT molecular complexity index is 1580. The molecule has 0 aromatic rings. The Hall–Kier alpha value is -3.07. The first kappa shape index (κ1) is 73.9. The smallest absolute Gasteiger partial charge is 0.462 e. The molecular weight excluding hydrogens is 978 g/mol. The standard InChI is InChI=1S/C67H118NO8P/c1-3-5-7-9-11-13-15-17-19-21-23-25-27-28-29-30-31-32-33-34-35-36-38-40-42-44-46-48-50-52-54-56-58-60-67(70)76-65(64-75-77(71,72)74-62-61-68)63-73-66(69)59-57-55-53-51-49-47-45-43-41-39-37-26-24-22-20-18-16-14-12-10-8-6-4-2/h5,7,11,13,17,19,23,25,28-29,31-32,34-35,38,40,65H,3-4,6,8-10,12,14-16,18,20-22,24,26-27,30,33,36-37,39,41-64,68H2,1-2H3,(H,71,72)/b7-5-,13-11-,19-17-,25-23-,29-28-,32-31-,35-34-,40-38-. The third-order valence-corrected chi connectivity index (χ3v) is 14.5. The molecule has 2 unspecified atom stereocenters. The van der Waals surface area contributed by atoms with Gasteiger partial charge in [0.25, 0.3) is 0 Å².